The third kappa shape index (κ3) is 1.91. The van der Waals surface area contributed by atoms with Crippen molar-refractivity contribution in [3.8, 4) is 11.5 Å². The zero-order chi connectivity index (χ0) is 14.1. The van der Waals surface area contributed by atoms with Crippen LogP contribution in [0.2, 0.25) is 0 Å². The second-order valence-electron chi connectivity index (χ2n) is 4.27. The van der Waals surface area contributed by atoms with Crippen molar-refractivity contribution >= 4 is 23.2 Å². The molecule has 1 amide bonds. The standard InChI is InChI=1S/C14H13N3O3/c1-19-12-4-9-10(3-8-6-15-7-16-8)14(18)17-11(9)5-13(12)20-2/h3-7H,1-2H3,(H,15,16)(H,17,18)/b10-3-. The number of H-pyrrole nitrogens is 1. The van der Waals surface area contributed by atoms with E-state index in [1.165, 1.54) is 0 Å². The van der Waals surface area contributed by atoms with E-state index in [0.717, 1.165) is 11.3 Å². The van der Waals surface area contributed by atoms with E-state index in [1.807, 2.05) is 0 Å². The minimum Gasteiger partial charge on any atom is -0.493 e. The van der Waals surface area contributed by atoms with Gasteiger partial charge in [-0.05, 0) is 12.1 Å². The number of aromatic amines is 1. The summed E-state index contributed by atoms with van der Waals surface area (Å²) in [6, 6.07) is 3.54. The van der Waals surface area contributed by atoms with Crippen molar-refractivity contribution in [2.75, 3.05) is 19.5 Å². The quantitative estimate of drug-likeness (QED) is 0.836. The maximum atomic E-state index is 12.1. The number of aromatic nitrogens is 2. The Labute approximate surface area is 115 Å². The van der Waals surface area contributed by atoms with Crippen LogP contribution in [-0.4, -0.2) is 30.1 Å². The van der Waals surface area contributed by atoms with E-state index in [2.05, 4.69) is 15.3 Å². The van der Waals surface area contributed by atoms with E-state index in [1.54, 1.807) is 45.0 Å². The van der Waals surface area contributed by atoms with Gasteiger partial charge in [-0.15, -0.1) is 0 Å². The number of benzene rings is 1. The number of methoxy groups -OCH3 is 2. The van der Waals surface area contributed by atoms with E-state index in [9.17, 15) is 4.79 Å². The third-order valence-corrected chi connectivity index (χ3v) is 3.13. The van der Waals surface area contributed by atoms with Crippen LogP contribution in [0, 0.1) is 0 Å². The van der Waals surface area contributed by atoms with Gasteiger partial charge in [0, 0.05) is 11.6 Å². The molecule has 1 aromatic carbocycles. The Morgan fingerprint density at radius 1 is 1.20 bits per heavy atom. The Morgan fingerprint density at radius 3 is 2.60 bits per heavy atom. The van der Waals surface area contributed by atoms with E-state index in [0.29, 0.717) is 22.8 Å². The fraction of sp³-hybridized carbons (Fsp3) is 0.143. The summed E-state index contributed by atoms with van der Waals surface area (Å²) < 4.78 is 10.5. The van der Waals surface area contributed by atoms with Crippen LogP contribution in [0.4, 0.5) is 5.69 Å². The number of carbonyl (C=O) groups is 1. The highest BCUT2D eigenvalue weighted by atomic mass is 16.5. The van der Waals surface area contributed by atoms with E-state index in [-0.39, 0.29) is 5.91 Å². The van der Waals surface area contributed by atoms with Crippen LogP contribution in [0.15, 0.2) is 24.7 Å². The molecule has 20 heavy (non-hydrogen) atoms. The first kappa shape index (κ1) is 12.3. The van der Waals surface area contributed by atoms with Gasteiger partial charge in [-0.25, -0.2) is 4.98 Å². The number of amides is 1. The maximum absolute atomic E-state index is 12.1. The number of nitrogens with one attached hydrogen (secondary N) is 2. The Morgan fingerprint density at radius 2 is 1.95 bits per heavy atom. The molecule has 0 atom stereocenters. The zero-order valence-electron chi connectivity index (χ0n) is 11.1. The molecule has 0 bridgehead atoms. The molecule has 1 aliphatic heterocycles. The molecule has 0 aliphatic carbocycles. The van der Waals surface area contributed by atoms with Crippen LogP contribution in [0.3, 0.4) is 0 Å². The zero-order valence-corrected chi connectivity index (χ0v) is 11.1. The fourth-order valence-corrected chi connectivity index (χ4v) is 2.16. The highest BCUT2D eigenvalue weighted by molar-refractivity contribution is 6.35. The van der Waals surface area contributed by atoms with Gasteiger partial charge >= 0.3 is 0 Å². The van der Waals surface area contributed by atoms with Gasteiger partial charge in [-0.1, -0.05) is 0 Å². The largest absolute Gasteiger partial charge is 0.493 e. The van der Waals surface area contributed by atoms with Gasteiger partial charge in [-0.2, -0.15) is 0 Å². The molecule has 0 saturated carbocycles. The van der Waals surface area contributed by atoms with Crippen LogP contribution in [0.5, 0.6) is 11.5 Å². The summed E-state index contributed by atoms with van der Waals surface area (Å²) in [5.74, 6) is 0.998. The third-order valence-electron chi connectivity index (χ3n) is 3.13. The van der Waals surface area contributed by atoms with Gasteiger partial charge < -0.3 is 19.8 Å². The van der Waals surface area contributed by atoms with Crippen LogP contribution in [0.1, 0.15) is 11.3 Å². The summed E-state index contributed by atoms with van der Waals surface area (Å²) in [4.78, 5) is 18.9. The molecule has 1 aromatic heterocycles. The van der Waals surface area contributed by atoms with Crippen molar-refractivity contribution in [3.05, 3.63) is 35.9 Å². The highest BCUT2D eigenvalue weighted by Crippen LogP contribution is 2.40. The first-order valence-corrected chi connectivity index (χ1v) is 6.00. The van der Waals surface area contributed by atoms with Gasteiger partial charge in [0.2, 0.25) is 0 Å². The van der Waals surface area contributed by atoms with E-state index < -0.39 is 0 Å². The number of fused-ring (bicyclic) bond motifs is 1. The highest BCUT2D eigenvalue weighted by Gasteiger charge is 2.26. The van der Waals surface area contributed by atoms with Crippen LogP contribution >= 0.6 is 0 Å². The minimum atomic E-state index is -0.162. The van der Waals surface area contributed by atoms with Crippen molar-refractivity contribution in [2.24, 2.45) is 0 Å². The topological polar surface area (TPSA) is 76.2 Å². The normalized spacial score (nSPS) is 15.1. The Balaban J connectivity index is 2.12. The summed E-state index contributed by atoms with van der Waals surface area (Å²) in [5, 5.41) is 2.81. The SMILES string of the molecule is COc1cc2c(cc1OC)/C(=C/c1cnc[nH]1)C(=O)N2. The molecule has 0 saturated heterocycles. The van der Waals surface area contributed by atoms with Crippen molar-refractivity contribution in [2.45, 2.75) is 0 Å². The molecule has 102 valence electrons. The Hall–Kier alpha value is -2.76. The number of imidazole rings is 1. The van der Waals surface area contributed by atoms with Crippen LogP contribution in [0.25, 0.3) is 11.6 Å². The Kier molecular flexibility index (Phi) is 2.90. The summed E-state index contributed by atoms with van der Waals surface area (Å²) in [6.07, 6.45) is 4.97. The fourth-order valence-electron chi connectivity index (χ4n) is 2.16. The predicted molar refractivity (Wildman–Crippen MR) is 74.6 cm³/mol. The lowest BCUT2D eigenvalue weighted by Gasteiger charge is -2.09. The number of carbonyl (C=O) groups excluding carboxylic acids is 1. The van der Waals surface area contributed by atoms with Gasteiger partial charge in [0.25, 0.3) is 5.91 Å². The Bertz CT molecular complexity index is 690. The van der Waals surface area contributed by atoms with E-state index >= 15 is 0 Å². The number of nitrogens with zero attached hydrogens (tertiary/aromatic N) is 1. The van der Waals surface area contributed by atoms with Gasteiger partial charge in [0.15, 0.2) is 11.5 Å². The lowest BCUT2D eigenvalue weighted by molar-refractivity contribution is -0.110. The van der Waals surface area contributed by atoms with E-state index in [4.69, 9.17) is 9.47 Å². The molecule has 0 unspecified atom stereocenters. The van der Waals surface area contributed by atoms with Crippen molar-refractivity contribution in [3.63, 3.8) is 0 Å². The number of hydrogen-bond donors (Lipinski definition) is 2. The summed E-state index contributed by atoms with van der Waals surface area (Å²) in [7, 11) is 3.12. The van der Waals surface area contributed by atoms with Crippen LogP contribution < -0.4 is 14.8 Å². The molecule has 3 rings (SSSR count). The first-order valence-electron chi connectivity index (χ1n) is 6.00. The predicted octanol–water partition coefficient (Wildman–Crippen LogP) is 1.92. The smallest absolute Gasteiger partial charge is 0.256 e. The molecular formula is C14H13N3O3. The van der Waals surface area contributed by atoms with Crippen molar-refractivity contribution in [1.82, 2.24) is 9.97 Å². The lowest BCUT2D eigenvalue weighted by atomic mass is 10.1. The lowest BCUT2D eigenvalue weighted by Crippen LogP contribution is -2.03. The molecule has 1 aliphatic rings. The second-order valence-corrected chi connectivity index (χ2v) is 4.27. The molecule has 0 spiro atoms. The second kappa shape index (κ2) is 4.73. The number of rotatable bonds is 3. The molecule has 2 heterocycles. The molecular weight excluding hydrogens is 258 g/mol. The molecule has 0 radical (unpaired) electrons. The average molecular weight is 271 g/mol. The van der Waals surface area contributed by atoms with Gasteiger partial charge in [0.1, 0.15) is 0 Å². The average Bonchev–Trinajstić information content (AvgIpc) is 3.06. The molecule has 6 nitrogen and oxygen atoms in total. The van der Waals surface area contributed by atoms with Crippen molar-refractivity contribution < 1.29 is 14.3 Å². The van der Waals surface area contributed by atoms with Crippen LogP contribution in [-0.2, 0) is 4.79 Å². The number of anilines is 1. The minimum absolute atomic E-state index is 0.162. The number of ether oxygens (including phenoxy) is 2. The maximum Gasteiger partial charge on any atom is 0.256 e. The number of hydrogen-bond acceptors (Lipinski definition) is 4. The summed E-state index contributed by atoms with van der Waals surface area (Å²) in [6.45, 7) is 0. The van der Waals surface area contributed by atoms with Crippen molar-refractivity contribution in [1.29, 1.82) is 0 Å². The molecule has 0 fully saturated rings. The molecule has 6 heteroatoms. The molecule has 2 aromatic rings. The summed E-state index contributed by atoms with van der Waals surface area (Å²) >= 11 is 0. The van der Waals surface area contributed by atoms with Gasteiger partial charge in [-0.3, -0.25) is 4.79 Å². The summed E-state index contributed by atoms with van der Waals surface area (Å²) in [5.41, 5.74) is 2.81. The molecule has 2 N–H and O–H groups in total. The first-order chi connectivity index (χ1) is 9.72. The van der Waals surface area contributed by atoms with Gasteiger partial charge in [0.05, 0.1) is 43.7 Å². The monoisotopic (exact) mass is 271 g/mol.